The minimum atomic E-state index is -3.83. The molecule has 0 radical (unpaired) electrons. The second-order valence-electron chi connectivity index (χ2n) is 4.59. The topological polar surface area (TPSA) is 118 Å². The van der Waals surface area contributed by atoms with Crippen LogP contribution in [0.2, 0.25) is 0 Å². The molecule has 2 rings (SSSR count). The molecule has 1 aromatic heterocycles. The maximum absolute atomic E-state index is 12.5. The van der Waals surface area contributed by atoms with Crippen LogP contribution in [0.3, 0.4) is 0 Å². The fourth-order valence-corrected chi connectivity index (χ4v) is 3.32. The summed E-state index contributed by atoms with van der Waals surface area (Å²) in [6, 6.07) is 0. The minimum absolute atomic E-state index is 0.00970. The summed E-state index contributed by atoms with van der Waals surface area (Å²) in [4.78, 5) is 0. The van der Waals surface area contributed by atoms with Crippen molar-refractivity contribution in [2.24, 2.45) is 5.73 Å². The highest BCUT2D eigenvalue weighted by atomic mass is 32.2. The Hall–Kier alpha value is -1.58. The Morgan fingerprint density at radius 1 is 1.53 bits per heavy atom. The van der Waals surface area contributed by atoms with Crippen molar-refractivity contribution in [1.29, 1.82) is 0 Å². The average molecular weight is 283 g/mol. The highest BCUT2D eigenvalue weighted by Crippen LogP contribution is 2.29. The Kier molecular flexibility index (Phi) is 3.29. The van der Waals surface area contributed by atoms with Gasteiger partial charge in [-0.05, 0) is 25.5 Å². The van der Waals surface area contributed by atoms with Gasteiger partial charge in [-0.25, -0.2) is 8.42 Å². The smallest absolute Gasteiger partial charge is 0.423 e. The number of nitrogens with zero attached hydrogens (tertiary/aromatic N) is 2. The van der Waals surface area contributed by atoms with Crippen LogP contribution in [0.15, 0.2) is 36.3 Å². The molecule has 1 heterocycles. The van der Waals surface area contributed by atoms with E-state index in [1.54, 1.807) is 12.2 Å². The SMILES string of the molecule is CC1(S(=O)(=O)n2cc(B(O)O)cn2)C=C(N)C=CC1. The summed E-state index contributed by atoms with van der Waals surface area (Å²) in [6.45, 7) is 1.54. The van der Waals surface area contributed by atoms with Gasteiger partial charge in [0.25, 0.3) is 10.0 Å². The molecule has 0 aromatic carbocycles. The molecule has 0 saturated carbocycles. The van der Waals surface area contributed by atoms with E-state index < -0.39 is 21.9 Å². The van der Waals surface area contributed by atoms with Crippen LogP contribution < -0.4 is 11.2 Å². The number of rotatable bonds is 3. The molecule has 0 saturated heterocycles. The van der Waals surface area contributed by atoms with Gasteiger partial charge in [-0.15, -0.1) is 0 Å². The molecule has 0 spiro atoms. The standard InChI is InChI=1S/C10H14BN3O4S/c1-10(4-2-3-9(12)5-10)19(17,18)14-7-8(6-13-14)11(15)16/h2-3,5-7,15-16H,4,12H2,1H3. The number of hydrogen-bond acceptors (Lipinski definition) is 6. The van der Waals surface area contributed by atoms with Gasteiger partial charge in [0.05, 0.1) is 0 Å². The second kappa shape index (κ2) is 4.51. The summed E-state index contributed by atoms with van der Waals surface area (Å²) in [5.74, 6) is 0. The zero-order valence-corrected chi connectivity index (χ0v) is 11.1. The van der Waals surface area contributed by atoms with E-state index in [0.717, 1.165) is 16.5 Å². The van der Waals surface area contributed by atoms with Crippen molar-refractivity contribution in [3.63, 3.8) is 0 Å². The monoisotopic (exact) mass is 283 g/mol. The molecule has 4 N–H and O–H groups in total. The molecule has 19 heavy (non-hydrogen) atoms. The molecular weight excluding hydrogens is 269 g/mol. The zero-order chi connectivity index (χ0) is 14.3. The van der Waals surface area contributed by atoms with Crippen LogP contribution in [0.25, 0.3) is 0 Å². The van der Waals surface area contributed by atoms with E-state index in [2.05, 4.69) is 5.10 Å². The number of hydrogen-bond donors (Lipinski definition) is 3. The van der Waals surface area contributed by atoms with E-state index in [-0.39, 0.29) is 11.9 Å². The van der Waals surface area contributed by atoms with Crippen molar-refractivity contribution in [2.75, 3.05) is 0 Å². The third kappa shape index (κ3) is 2.31. The van der Waals surface area contributed by atoms with Gasteiger partial charge in [-0.3, -0.25) is 0 Å². The number of nitrogens with two attached hydrogens (primary N) is 1. The lowest BCUT2D eigenvalue weighted by molar-refractivity contribution is 0.426. The molecule has 9 heteroatoms. The van der Waals surface area contributed by atoms with Crippen molar-refractivity contribution in [3.8, 4) is 0 Å². The largest absolute Gasteiger partial charge is 0.491 e. The minimum Gasteiger partial charge on any atom is -0.423 e. The van der Waals surface area contributed by atoms with Crippen molar-refractivity contribution in [1.82, 2.24) is 9.19 Å². The third-order valence-corrected chi connectivity index (χ3v) is 5.17. The van der Waals surface area contributed by atoms with Gasteiger partial charge >= 0.3 is 7.12 Å². The van der Waals surface area contributed by atoms with E-state index in [9.17, 15) is 8.42 Å². The molecule has 0 aliphatic heterocycles. The normalized spacial score (nSPS) is 23.2. The molecule has 0 fully saturated rings. The first-order valence-corrected chi connectivity index (χ1v) is 7.01. The fraction of sp³-hybridized carbons (Fsp3) is 0.300. The Morgan fingerprint density at radius 2 is 2.21 bits per heavy atom. The Balaban J connectivity index is 2.45. The Morgan fingerprint density at radius 3 is 2.74 bits per heavy atom. The van der Waals surface area contributed by atoms with Crippen LogP contribution in [0, 0.1) is 0 Å². The van der Waals surface area contributed by atoms with Gasteiger partial charge in [0.15, 0.2) is 0 Å². The maximum atomic E-state index is 12.5. The summed E-state index contributed by atoms with van der Waals surface area (Å²) in [5.41, 5.74) is 6.02. The highest BCUT2D eigenvalue weighted by molar-refractivity contribution is 7.91. The van der Waals surface area contributed by atoms with E-state index >= 15 is 0 Å². The van der Waals surface area contributed by atoms with Gasteiger partial charge in [0.2, 0.25) is 0 Å². The average Bonchev–Trinajstić information content (AvgIpc) is 2.78. The van der Waals surface area contributed by atoms with Gasteiger partial charge in [0.1, 0.15) is 4.75 Å². The Labute approximate surface area is 111 Å². The third-order valence-electron chi connectivity index (χ3n) is 3.02. The quantitative estimate of drug-likeness (QED) is 0.569. The lowest BCUT2D eigenvalue weighted by Crippen LogP contribution is -2.40. The highest BCUT2D eigenvalue weighted by Gasteiger charge is 2.40. The lowest BCUT2D eigenvalue weighted by Gasteiger charge is -2.27. The van der Waals surface area contributed by atoms with Crippen molar-refractivity contribution >= 4 is 22.6 Å². The summed E-state index contributed by atoms with van der Waals surface area (Å²) in [7, 11) is -5.59. The molecule has 1 aliphatic carbocycles. The van der Waals surface area contributed by atoms with Crippen molar-refractivity contribution in [3.05, 3.63) is 36.3 Å². The molecule has 0 amide bonds. The fourth-order valence-electron chi connectivity index (χ4n) is 1.86. The summed E-state index contributed by atoms with van der Waals surface area (Å²) < 4.78 is 24.5. The van der Waals surface area contributed by atoms with E-state index in [1.807, 2.05) is 0 Å². The molecule has 1 unspecified atom stereocenters. The van der Waals surface area contributed by atoms with E-state index in [0.29, 0.717) is 5.70 Å². The first-order chi connectivity index (χ1) is 8.76. The van der Waals surface area contributed by atoms with Crippen LogP contribution >= 0.6 is 0 Å². The van der Waals surface area contributed by atoms with Gasteiger partial charge in [0, 0.05) is 23.6 Å². The predicted octanol–water partition coefficient (Wildman–Crippen LogP) is -1.70. The van der Waals surface area contributed by atoms with Gasteiger partial charge < -0.3 is 15.8 Å². The van der Waals surface area contributed by atoms with E-state index in [1.165, 1.54) is 13.0 Å². The summed E-state index contributed by atoms with van der Waals surface area (Å²) in [6.07, 6.45) is 7.22. The molecule has 102 valence electrons. The molecular formula is C10H14BN3O4S. The Bertz CT molecular complexity index is 649. The van der Waals surface area contributed by atoms with Crippen molar-refractivity contribution in [2.45, 2.75) is 18.1 Å². The first kappa shape index (κ1) is 13.8. The molecule has 1 aliphatic rings. The van der Waals surface area contributed by atoms with Crippen LogP contribution in [-0.2, 0) is 10.0 Å². The predicted molar refractivity (Wildman–Crippen MR) is 70.8 cm³/mol. The van der Waals surface area contributed by atoms with Crippen LogP contribution in [0.4, 0.5) is 0 Å². The van der Waals surface area contributed by atoms with Crippen LogP contribution in [0.5, 0.6) is 0 Å². The van der Waals surface area contributed by atoms with Crippen LogP contribution in [-0.4, -0.2) is 39.5 Å². The number of aromatic nitrogens is 2. The van der Waals surface area contributed by atoms with Crippen molar-refractivity contribution < 1.29 is 18.5 Å². The second-order valence-corrected chi connectivity index (χ2v) is 6.85. The summed E-state index contributed by atoms with van der Waals surface area (Å²) >= 11 is 0. The molecule has 7 nitrogen and oxygen atoms in total. The molecule has 1 aromatic rings. The first-order valence-electron chi connectivity index (χ1n) is 5.57. The molecule has 0 bridgehead atoms. The molecule has 1 atom stereocenters. The zero-order valence-electron chi connectivity index (χ0n) is 10.3. The summed E-state index contributed by atoms with van der Waals surface area (Å²) in [5, 5.41) is 21.6. The van der Waals surface area contributed by atoms with E-state index in [4.69, 9.17) is 15.8 Å². The van der Waals surface area contributed by atoms with Gasteiger partial charge in [-0.1, -0.05) is 6.08 Å². The number of allylic oxidation sites excluding steroid dienone is 2. The van der Waals surface area contributed by atoms with Gasteiger partial charge in [-0.2, -0.15) is 9.19 Å². The lowest BCUT2D eigenvalue weighted by atomic mass is 9.83. The maximum Gasteiger partial charge on any atom is 0.491 e. The van der Waals surface area contributed by atoms with Crippen LogP contribution in [0.1, 0.15) is 13.3 Å².